The molecule has 0 spiro atoms. The first-order chi connectivity index (χ1) is 47.3. The Morgan fingerprint density at radius 1 is 0.361 bits per heavy atom. The van der Waals surface area contributed by atoms with Gasteiger partial charge in [0.15, 0.2) is 18.9 Å². The zero-order valence-electron chi connectivity index (χ0n) is 61.3. The largest absolute Gasteiger partial charge is 0.394 e. The molecule has 0 saturated carbocycles. The van der Waals surface area contributed by atoms with Crippen LogP contribution in [0.3, 0.4) is 0 Å². The van der Waals surface area contributed by atoms with Gasteiger partial charge in [0, 0.05) is 6.42 Å². The van der Waals surface area contributed by atoms with E-state index < -0.39 is 124 Å². The Balaban J connectivity index is 1.37. The quantitative estimate of drug-likeness (QED) is 0.0199. The molecule has 3 heterocycles. The molecular weight excluding hydrogens is 1240 g/mol. The maximum atomic E-state index is 13.5. The first kappa shape index (κ1) is 89.7. The van der Waals surface area contributed by atoms with Gasteiger partial charge in [0.05, 0.1) is 38.6 Å². The van der Waals surface area contributed by atoms with E-state index in [1.54, 1.807) is 0 Å². The summed E-state index contributed by atoms with van der Waals surface area (Å²) in [5.41, 5.74) is 0. The van der Waals surface area contributed by atoms with E-state index in [1.165, 1.54) is 270 Å². The molecule has 3 aliphatic heterocycles. The van der Waals surface area contributed by atoms with E-state index in [2.05, 4.69) is 31.3 Å². The van der Waals surface area contributed by atoms with Crippen molar-refractivity contribution < 1.29 is 89.4 Å². The fourth-order valence-corrected chi connectivity index (χ4v) is 14.1. The van der Waals surface area contributed by atoms with Crippen molar-refractivity contribution in [1.29, 1.82) is 0 Å². The summed E-state index contributed by atoms with van der Waals surface area (Å²) in [5.74, 6) is -0.237. The highest BCUT2D eigenvalue weighted by atomic mass is 16.8. The maximum Gasteiger partial charge on any atom is 0.220 e. The lowest BCUT2D eigenvalue weighted by molar-refractivity contribution is -0.379. The van der Waals surface area contributed by atoms with Gasteiger partial charge in [-0.25, -0.2) is 0 Å². The minimum Gasteiger partial charge on any atom is -0.394 e. The first-order valence-electron chi connectivity index (χ1n) is 40.4. The Kier molecular flexibility index (Phi) is 55.4. The summed E-state index contributed by atoms with van der Waals surface area (Å²) in [6, 6.07) is -0.886. The van der Waals surface area contributed by atoms with Crippen molar-refractivity contribution in [2.45, 2.75) is 452 Å². The van der Waals surface area contributed by atoms with Gasteiger partial charge >= 0.3 is 0 Å². The highest BCUT2D eigenvalue weighted by Crippen LogP contribution is 2.33. The van der Waals surface area contributed by atoms with Crippen molar-refractivity contribution >= 4 is 5.91 Å². The third-order valence-corrected chi connectivity index (χ3v) is 20.6. The monoisotopic (exact) mass is 1390 g/mol. The van der Waals surface area contributed by atoms with Crippen LogP contribution in [0, 0.1) is 0 Å². The average molecular weight is 1390 g/mol. The number of hydrogen-bond donors (Lipinski definition) is 12. The third-order valence-electron chi connectivity index (χ3n) is 20.6. The Bertz CT molecular complexity index is 1800. The number of aliphatic hydroxyl groups excluding tert-OH is 11. The number of ether oxygens (including phenoxy) is 6. The summed E-state index contributed by atoms with van der Waals surface area (Å²) >= 11 is 0. The first-order valence-corrected chi connectivity index (χ1v) is 40.4. The van der Waals surface area contributed by atoms with Gasteiger partial charge in [0.2, 0.25) is 5.91 Å². The zero-order chi connectivity index (χ0) is 70.4. The summed E-state index contributed by atoms with van der Waals surface area (Å²) in [7, 11) is 0. The van der Waals surface area contributed by atoms with E-state index in [0.29, 0.717) is 12.8 Å². The third kappa shape index (κ3) is 40.4. The summed E-state index contributed by atoms with van der Waals surface area (Å²) in [4.78, 5) is 13.5. The summed E-state index contributed by atoms with van der Waals surface area (Å²) in [5, 5.41) is 121. The highest BCUT2D eigenvalue weighted by molar-refractivity contribution is 5.76. The molecule has 3 saturated heterocycles. The van der Waals surface area contributed by atoms with Crippen LogP contribution in [0.25, 0.3) is 0 Å². The van der Waals surface area contributed by atoms with E-state index in [0.717, 1.165) is 44.9 Å². The molecule has 17 unspecified atom stereocenters. The lowest BCUT2D eigenvalue weighted by atomic mass is 9.96. The predicted molar refractivity (Wildman–Crippen MR) is 383 cm³/mol. The minimum atomic E-state index is -1.97. The van der Waals surface area contributed by atoms with E-state index in [1.807, 2.05) is 0 Å². The van der Waals surface area contributed by atoms with E-state index in [-0.39, 0.29) is 18.9 Å². The van der Waals surface area contributed by atoms with Crippen LogP contribution in [0.15, 0.2) is 12.2 Å². The molecule has 3 fully saturated rings. The second-order valence-electron chi connectivity index (χ2n) is 29.2. The molecule has 0 aromatic carbocycles. The zero-order valence-corrected chi connectivity index (χ0v) is 61.3. The van der Waals surface area contributed by atoms with Gasteiger partial charge in [0.1, 0.15) is 73.2 Å². The Morgan fingerprint density at radius 3 is 1.00 bits per heavy atom. The fourth-order valence-electron chi connectivity index (χ4n) is 14.1. The van der Waals surface area contributed by atoms with Gasteiger partial charge in [-0.1, -0.05) is 315 Å². The lowest BCUT2D eigenvalue weighted by Crippen LogP contribution is -2.66. The molecule has 3 rings (SSSR count). The van der Waals surface area contributed by atoms with Gasteiger partial charge in [0.25, 0.3) is 0 Å². The van der Waals surface area contributed by atoms with Crippen LogP contribution in [0.4, 0.5) is 0 Å². The normalized spacial score (nSPS) is 26.9. The minimum absolute atomic E-state index is 0.237. The van der Waals surface area contributed by atoms with Crippen LogP contribution >= 0.6 is 0 Å². The number of carbonyl (C=O) groups is 1. The molecule has 574 valence electrons. The molecule has 19 nitrogen and oxygen atoms in total. The standard InChI is InChI=1S/C78H149NO18/c1-3-5-7-9-11-13-15-17-19-21-23-25-27-28-29-30-31-32-34-35-37-39-41-43-45-47-49-51-53-55-62(83)61(79-66(84)56-54-52-50-48-46-44-42-40-38-36-33-26-24-22-20-18-16-14-12-10-8-6-4-2)60-92-76-72(90)69(87)74(64(58-81)94-76)97-78-73(91)70(88)75(65(59-82)95-78)96-77-71(89)68(86)67(85)63(57-80)93-77/h22,24,61-65,67-78,80-83,85-91H,3-21,23,25-60H2,1-2H3,(H,79,84)/b24-22-. The van der Waals surface area contributed by atoms with Gasteiger partial charge in [-0.15, -0.1) is 0 Å². The maximum absolute atomic E-state index is 13.5. The average Bonchev–Trinajstić information content (AvgIpc) is 0.826. The molecule has 0 radical (unpaired) electrons. The van der Waals surface area contributed by atoms with Crippen LogP contribution in [0.2, 0.25) is 0 Å². The van der Waals surface area contributed by atoms with E-state index in [4.69, 9.17) is 28.4 Å². The van der Waals surface area contributed by atoms with Gasteiger partial charge in [-0.05, 0) is 38.5 Å². The molecular formula is C78H149NO18. The van der Waals surface area contributed by atoms with Crippen molar-refractivity contribution in [3.63, 3.8) is 0 Å². The van der Waals surface area contributed by atoms with Crippen molar-refractivity contribution in [3.8, 4) is 0 Å². The number of allylic oxidation sites excluding steroid dienone is 2. The number of rotatable bonds is 65. The summed E-state index contributed by atoms with van der Waals surface area (Å²) in [6.07, 6.45) is 43.0. The molecule has 1 amide bonds. The van der Waals surface area contributed by atoms with Crippen LogP contribution in [0.1, 0.15) is 348 Å². The van der Waals surface area contributed by atoms with Gasteiger partial charge in [-0.2, -0.15) is 0 Å². The van der Waals surface area contributed by atoms with Crippen LogP contribution in [-0.2, 0) is 33.2 Å². The fraction of sp³-hybridized carbons (Fsp3) is 0.962. The van der Waals surface area contributed by atoms with Crippen molar-refractivity contribution in [2.75, 3.05) is 26.4 Å². The number of hydrogen-bond acceptors (Lipinski definition) is 18. The van der Waals surface area contributed by atoms with Crippen molar-refractivity contribution in [3.05, 3.63) is 12.2 Å². The molecule has 17 atom stereocenters. The molecule has 0 aromatic rings. The van der Waals surface area contributed by atoms with Crippen LogP contribution in [0.5, 0.6) is 0 Å². The van der Waals surface area contributed by atoms with E-state index >= 15 is 0 Å². The lowest BCUT2D eigenvalue weighted by Gasteiger charge is -2.48. The Morgan fingerprint density at radius 2 is 0.649 bits per heavy atom. The van der Waals surface area contributed by atoms with Crippen LogP contribution in [-0.4, -0.2) is 193 Å². The molecule has 97 heavy (non-hydrogen) atoms. The molecule has 19 heteroatoms. The molecule has 12 N–H and O–H groups in total. The molecule has 3 aliphatic rings. The number of nitrogens with one attached hydrogen (secondary N) is 1. The SMILES string of the molecule is CCCCCCCCCC/C=C\CCCCCCCCCCCCCC(=O)NC(COC1OC(CO)C(OC2OC(CO)C(OC3OC(CO)C(O)C(O)C3O)C(O)C2O)C(O)C1O)C(O)CCCCCCCCCCCCCCCCCCCCCCCCCCCCCCC. The van der Waals surface area contributed by atoms with Gasteiger partial charge in [-0.3, -0.25) is 4.79 Å². The number of unbranched alkanes of at least 4 members (excludes halogenated alkanes) is 47. The number of amides is 1. The molecule has 0 bridgehead atoms. The Labute approximate surface area is 588 Å². The summed E-state index contributed by atoms with van der Waals surface area (Å²) < 4.78 is 34.5. The Hall–Kier alpha value is -1.47. The molecule has 0 aromatic heterocycles. The number of carbonyl (C=O) groups excluding carboxylic acids is 1. The summed E-state index contributed by atoms with van der Waals surface area (Å²) in [6.45, 7) is 1.86. The van der Waals surface area contributed by atoms with Gasteiger partial charge < -0.3 is 89.9 Å². The second-order valence-corrected chi connectivity index (χ2v) is 29.2. The highest BCUT2D eigenvalue weighted by Gasteiger charge is 2.54. The predicted octanol–water partition coefficient (Wildman–Crippen LogP) is 13.2. The topological polar surface area (TPSA) is 307 Å². The second kappa shape index (κ2) is 59.9. The number of aliphatic hydroxyl groups is 11. The van der Waals surface area contributed by atoms with Crippen molar-refractivity contribution in [1.82, 2.24) is 5.32 Å². The van der Waals surface area contributed by atoms with E-state index in [9.17, 15) is 61.0 Å². The van der Waals surface area contributed by atoms with Crippen LogP contribution < -0.4 is 5.32 Å². The van der Waals surface area contributed by atoms with Crippen molar-refractivity contribution in [2.24, 2.45) is 0 Å². The smallest absolute Gasteiger partial charge is 0.220 e. The molecule has 0 aliphatic carbocycles.